The fourth-order valence-corrected chi connectivity index (χ4v) is 2.49. The minimum atomic E-state index is -0.966. The molecule has 0 radical (unpaired) electrons. The van der Waals surface area contributed by atoms with Crippen LogP contribution < -0.4 is 9.47 Å². The van der Waals surface area contributed by atoms with Crippen LogP contribution in [0.15, 0.2) is 48.9 Å². The van der Waals surface area contributed by atoms with Crippen LogP contribution in [0.5, 0.6) is 11.6 Å². The van der Waals surface area contributed by atoms with E-state index in [4.69, 9.17) is 14.6 Å². The van der Waals surface area contributed by atoms with Gasteiger partial charge in [0.25, 0.3) is 0 Å². The summed E-state index contributed by atoms with van der Waals surface area (Å²) in [6.07, 6.45) is 6.65. The van der Waals surface area contributed by atoms with Crippen molar-refractivity contribution < 1.29 is 19.4 Å². The number of aromatic amines is 1. The predicted octanol–water partition coefficient (Wildman–Crippen LogP) is 3.37. The smallest absolute Gasteiger partial charge is 0.312 e. The second-order valence-electron chi connectivity index (χ2n) is 7.28. The average Bonchev–Trinajstić information content (AvgIpc) is 3.25. The molecule has 3 rings (SSSR count). The normalized spacial score (nSPS) is 11.2. The number of carboxylic acid groups (broad SMARTS) is 1. The first-order valence-electron chi connectivity index (χ1n) is 9.34. The molecule has 0 bridgehead atoms. The minimum Gasteiger partial charge on any atom is -0.492 e. The number of pyridine rings is 2. The van der Waals surface area contributed by atoms with Crippen molar-refractivity contribution in [2.45, 2.75) is 26.7 Å². The third-order valence-electron chi connectivity index (χ3n) is 4.35. The van der Waals surface area contributed by atoms with Crippen molar-refractivity contribution in [3.8, 4) is 23.0 Å². The first-order chi connectivity index (χ1) is 13.9. The third-order valence-corrected chi connectivity index (χ3v) is 4.35. The first-order valence-corrected chi connectivity index (χ1v) is 9.34. The summed E-state index contributed by atoms with van der Waals surface area (Å²) in [4.78, 5) is 19.7. The highest BCUT2D eigenvalue weighted by Crippen LogP contribution is 2.19. The molecule has 0 aromatic carbocycles. The molecule has 8 nitrogen and oxygen atoms in total. The molecule has 0 saturated heterocycles. The first kappa shape index (κ1) is 20.3. The monoisotopic (exact) mass is 396 g/mol. The van der Waals surface area contributed by atoms with Gasteiger partial charge in [0.1, 0.15) is 12.4 Å². The zero-order valence-electron chi connectivity index (χ0n) is 16.5. The van der Waals surface area contributed by atoms with E-state index in [9.17, 15) is 4.79 Å². The van der Waals surface area contributed by atoms with Crippen LogP contribution in [0, 0.1) is 5.41 Å². The number of carboxylic acids is 1. The second kappa shape index (κ2) is 9.18. The molecule has 0 aliphatic rings. The lowest BCUT2D eigenvalue weighted by Gasteiger charge is -2.19. The topological polar surface area (TPSA) is 110 Å². The van der Waals surface area contributed by atoms with Gasteiger partial charge in [-0.15, -0.1) is 0 Å². The number of hydrogen-bond acceptors (Lipinski definition) is 6. The molecule has 0 atom stereocenters. The van der Waals surface area contributed by atoms with E-state index in [0.717, 1.165) is 29.8 Å². The highest BCUT2D eigenvalue weighted by molar-refractivity contribution is 5.73. The van der Waals surface area contributed by atoms with Crippen LogP contribution in [0.25, 0.3) is 11.4 Å². The van der Waals surface area contributed by atoms with Gasteiger partial charge in [0.15, 0.2) is 0 Å². The van der Waals surface area contributed by atoms with E-state index >= 15 is 0 Å². The summed E-state index contributed by atoms with van der Waals surface area (Å²) in [6, 6.07) is 9.37. The lowest BCUT2D eigenvalue weighted by molar-refractivity contribution is -0.148. The number of ether oxygens (including phenoxy) is 2. The van der Waals surface area contributed by atoms with Crippen LogP contribution in [0.4, 0.5) is 0 Å². The number of nitrogens with zero attached hydrogens (tertiary/aromatic N) is 3. The van der Waals surface area contributed by atoms with Gasteiger partial charge in [0.2, 0.25) is 5.88 Å². The minimum absolute atomic E-state index is 0.0590. The number of aryl methyl sites for hydroxylation is 1. The maximum absolute atomic E-state index is 11.2. The van der Waals surface area contributed by atoms with E-state index < -0.39 is 11.4 Å². The molecule has 3 aromatic heterocycles. The molecule has 0 saturated carbocycles. The molecule has 0 aliphatic heterocycles. The Morgan fingerprint density at radius 2 is 2.00 bits per heavy atom. The van der Waals surface area contributed by atoms with Gasteiger partial charge in [-0.2, -0.15) is 5.10 Å². The fraction of sp³-hybridized carbons (Fsp3) is 0.333. The number of aliphatic carboxylic acids is 1. The Kier molecular flexibility index (Phi) is 6.43. The standard InChI is InChI=1S/C21H24N4O4/c1-21(2,20(26)27)14-29-19-12-15(7-9-22-19)4-3-11-28-16-5-6-17(23-13-16)18-8-10-24-25-18/h5-10,12-13H,3-4,11,14H2,1-2H3,(H,24,25)(H,26,27). The zero-order chi connectivity index (χ0) is 20.7. The molecule has 0 aliphatic carbocycles. The quantitative estimate of drug-likeness (QED) is 0.506. The van der Waals surface area contributed by atoms with Gasteiger partial charge in [-0.05, 0) is 56.5 Å². The SMILES string of the molecule is CC(C)(COc1cc(CCCOc2ccc(-c3ccn[nH]3)nc2)ccn1)C(=O)O. The zero-order valence-corrected chi connectivity index (χ0v) is 16.5. The molecule has 152 valence electrons. The number of hydrogen-bond donors (Lipinski definition) is 2. The van der Waals surface area contributed by atoms with Gasteiger partial charge >= 0.3 is 5.97 Å². The summed E-state index contributed by atoms with van der Waals surface area (Å²) in [5.74, 6) is 0.233. The van der Waals surface area contributed by atoms with Gasteiger partial charge in [-0.25, -0.2) is 4.98 Å². The van der Waals surface area contributed by atoms with Crippen LogP contribution >= 0.6 is 0 Å². The Labute approximate surface area is 168 Å². The van der Waals surface area contributed by atoms with Gasteiger partial charge in [-0.3, -0.25) is 14.9 Å². The lowest BCUT2D eigenvalue weighted by atomic mass is 9.95. The van der Waals surface area contributed by atoms with Crippen molar-refractivity contribution in [3.63, 3.8) is 0 Å². The lowest BCUT2D eigenvalue weighted by Crippen LogP contribution is -2.30. The highest BCUT2D eigenvalue weighted by Gasteiger charge is 2.28. The molecule has 3 aromatic rings. The van der Waals surface area contributed by atoms with E-state index in [-0.39, 0.29) is 6.61 Å². The van der Waals surface area contributed by atoms with E-state index in [1.165, 1.54) is 0 Å². The summed E-state index contributed by atoms with van der Waals surface area (Å²) in [6.45, 7) is 3.85. The Bertz CT molecular complexity index is 924. The van der Waals surface area contributed by atoms with Gasteiger partial charge in [0.05, 0.1) is 29.6 Å². The van der Waals surface area contributed by atoms with Crippen LogP contribution in [-0.4, -0.2) is 44.5 Å². The third kappa shape index (κ3) is 5.78. The Hall–Kier alpha value is -3.42. The van der Waals surface area contributed by atoms with Crippen LogP contribution in [-0.2, 0) is 11.2 Å². The molecule has 0 amide bonds. The van der Waals surface area contributed by atoms with E-state index in [1.54, 1.807) is 32.4 Å². The summed E-state index contributed by atoms with van der Waals surface area (Å²) < 4.78 is 11.3. The van der Waals surface area contributed by atoms with E-state index in [2.05, 4.69) is 20.2 Å². The van der Waals surface area contributed by atoms with Gasteiger partial charge in [-0.1, -0.05) is 0 Å². The highest BCUT2D eigenvalue weighted by atomic mass is 16.5. The number of H-pyrrole nitrogens is 1. The molecule has 0 unspecified atom stereocenters. The number of nitrogens with one attached hydrogen (secondary N) is 1. The molecule has 0 spiro atoms. The maximum atomic E-state index is 11.2. The molecule has 2 N–H and O–H groups in total. The fourth-order valence-electron chi connectivity index (χ4n) is 2.49. The van der Waals surface area contributed by atoms with Crippen LogP contribution in [0.2, 0.25) is 0 Å². The Morgan fingerprint density at radius 1 is 1.14 bits per heavy atom. The largest absolute Gasteiger partial charge is 0.492 e. The van der Waals surface area contributed by atoms with Crippen molar-refractivity contribution in [3.05, 3.63) is 54.5 Å². The van der Waals surface area contributed by atoms with Gasteiger partial charge < -0.3 is 14.6 Å². The van der Waals surface area contributed by atoms with E-state index in [1.807, 2.05) is 30.3 Å². The molecule has 8 heteroatoms. The molecule has 3 heterocycles. The summed E-state index contributed by atoms with van der Waals surface area (Å²) in [5.41, 5.74) is 1.76. The number of rotatable bonds is 10. The number of carbonyl (C=O) groups is 1. The predicted molar refractivity (Wildman–Crippen MR) is 107 cm³/mol. The number of aromatic nitrogens is 4. The summed E-state index contributed by atoms with van der Waals surface area (Å²) in [5, 5.41) is 15.9. The Morgan fingerprint density at radius 3 is 2.69 bits per heavy atom. The molecular formula is C21H24N4O4. The second-order valence-corrected chi connectivity index (χ2v) is 7.28. The van der Waals surface area contributed by atoms with Crippen molar-refractivity contribution in [2.24, 2.45) is 5.41 Å². The maximum Gasteiger partial charge on any atom is 0.312 e. The van der Waals surface area contributed by atoms with Gasteiger partial charge in [0, 0.05) is 18.5 Å². The van der Waals surface area contributed by atoms with Crippen molar-refractivity contribution in [2.75, 3.05) is 13.2 Å². The summed E-state index contributed by atoms with van der Waals surface area (Å²) in [7, 11) is 0. The van der Waals surface area contributed by atoms with Crippen LogP contribution in [0.3, 0.4) is 0 Å². The van der Waals surface area contributed by atoms with Crippen molar-refractivity contribution in [1.29, 1.82) is 0 Å². The van der Waals surface area contributed by atoms with Crippen molar-refractivity contribution in [1.82, 2.24) is 20.2 Å². The molecule has 29 heavy (non-hydrogen) atoms. The van der Waals surface area contributed by atoms with Crippen molar-refractivity contribution >= 4 is 5.97 Å². The molecule has 0 fully saturated rings. The van der Waals surface area contributed by atoms with Crippen LogP contribution in [0.1, 0.15) is 25.8 Å². The average molecular weight is 396 g/mol. The Balaban J connectivity index is 1.44. The summed E-state index contributed by atoms with van der Waals surface area (Å²) >= 11 is 0. The molecular weight excluding hydrogens is 372 g/mol. The van der Waals surface area contributed by atoms with E-state index in [0.29, 0.717) is 18.2 Å².